The molecule has 3 rings (SSSR count). The summed E-state index contributed by atoms with van der Waals surface area (Å²) in [4.78, 5) is 12.2. The first-order valence-corrected chi connectivity index (χ1v) is 7.37. The number of carbonyl (C=O) groups is 1. The van der Waals surface area contributed by atoms with Gasteiger partial charge in [0.1, 0.15) is 12.4 Å². The van der Waals surface area contributed by atoms with Crippen LogP contribution < -0.4 is 19.5 Å². The number of rotatable bonds is 5. The monoisotopic (exact) mass is 317 g/mol. The van der Waals surface area contributed by atoms with Gasteiger partial charge in [-0.1, -0.05) is 0 Å². The van der Waals surface area contributed by atoms with E-state index in [9.17, 15) is 4.79 Å². The molecule has 1 aromatic carbocycles. The zero-order valence-corrected chi connectivity index (χ0v) is 13.4. The third-order valence-corrected chi connectivity index (χ3v) is 3.74. The molecule has 1 aliphatic heterocycles. The largest absolute Gasteiger partial charge is 0.492 e. The molecule has 122 valence electrons. The van der Waals surface area contributed by atoms with Crippen molar-refractivity contribution < 1.29 is 19.0 Å². The smallest absolute Gasteiger partial charge is 0.255 e. The number of hydrogen-bond donors (Lipinski definition) is 1. The molecule has 0 unspecified atom stereocenters. The predicted octanol–water partition coefficient (Wildman–Crippen LogP) is 1.57. The highest BCUT2D eigenvalue weighted by atomic mass is 16.7. The van der Waals surface area contributed by atoms with E-state index in [1.807, 2.05) is 27.0 Å². The van der Waals surface area contributed by atoms with Gasteiger partial charge in [-0.2, -0.15) is 5.10 Å². The minimum atomic E-state index is -0.137. The van der Waals surface area contributed by atoms with Crippen molar-refractivity contribution in [2.45, 2.75) is 13.8 Å². The second-order valence-electron chi connectivity index (χ2n) is 5.29. The van der Waals surface area contributed by atoms with Crippen LogP contribution >= 0.6 is 0 Å². The van der Waals surface area contributed by atoms with Crippen LogP contribution in [0.25, 0.3) is 0 Å². The van der Waals surface area contributed by atoms with Crippen molar-refractivity contribution in [3.63, 3.8) is 0 Å². The molecule has 0 spiro atoms. The van der Waals surface area contributed by atoms with E-state index >= 15 is 0 Å². The number of aromatic nitrogens is 2. The highest BCUT2D eigenvalue weighted by Crippen LogP contribution is 2.34. The fourth-order valence-electron chi connectivity index (χ4n) is 2.49. The lowest BCUT2D eigenvalue weighted by atomic mass is 10.2. The molecule has 7 heteroatoms. The molecule has 0 aliphatic carbocycles. The summed E-state index contributed by atoms with van der Waals surface area (Å²) in [5.41, 5.74) is 2.19. The molecule has 1 aliphatic rings. The zero-order valence-electron chi connectivity index (χ0n) is 13.4. The number of ether oxygens (including phenoxy) is 3. The summed E-state index contributed by atoms with van der Waals surface area (Å²) < 4.78 is 17.8. The van der Waals surface area contributed by atoms with Gasteiger partial charge in [0.05, 0.1) is 17.8 Å². The molecule has 0 fully saturated rings. The van der Waals surface area contributed by atoms with Gasteiger partial charge in [0.25, 0.3) is 5.91 Å². The van der Waals surface area contributed by atoms with Gasteiger partial charge in [0.2, 0.25) is 6.79 Å². The highest BCUT2D eigenvalue weighted by Gasteiger charge is 2.17. The third-order valence-electron chi connectivity index (χ3n) is 3.74. The topological polar surface area (TPSA) is 74.6 Å². The Kier molecular flexibility index (Phi) is 4.10. The third kappa shape index (κ3) is 3.08. The van der Waals surface area contributed by atoms with Crippen LogP contribution in [0.5, 0.6) is 17.2 Å². The first-order chi connectivity index (χ1) is 11.1. The maximum Gasteiger partial charge on any atom is 0.255 e. The number of nitrogens with one attached hydrogen (secondary N) is 1. The lowest BCUT2D eigenvalue weighted by molar-refractivity contribution is 0.0945. The summed E-state index contributed by atoms with van der Waals surface area (Å²) in [6.45, 7) is 4.70. The lowest BCUT2D eigenvalue weighted by Gasteiger charge is -2.08. The van der Waals surface area contributed by atoms with Crippen LogP contribution in [-0.4, -0.2) is 35.6 Å². The van der Waals surface area contributed by atoms with E-state index in [4.69, 9.17) is 14.2 Å². The van der Waals surface area contributed by atoms with Gasteiger partial charge in [-0.05, 0) is 26.0 Å². The molecular formula is C16H19N3O4. The van der Waals surface area contributed by atoms with Crippen molar-refractivity contribution in [3.8, 4) is 17.2 Å². The predicted molar refractivity (Wildman–Crippen MR) is 83.1 cm³/mol. The molecule has 0 saturated heterocycles. The van der Waals surface area contributed by atoms with E-state index in [-0.39, 0.29) is 12.7 Å². The summed E-state index contributed by atoms with van der Waals surface area (Å²) >= 11 is 0. The number of nitrogens with zero attached hydrogens (tertiary/aromatic N) is 2. The Morgan fingerprint density at radius 3 is 2.87 bits per heavy atom. The van der Waals surface area contributed by atoms with E-state index in [1.54, 1.807) is 16.8 Å². The van der Waals surface area contributed by atoms with Gasteiger partial charge in [-0.3, -0.25) is 9.48 Å². The Labute approximate surface area is 134 Å². The Balaban J connectivity index is 1.51. The Hall–Kier alpha value is -2.70. The first kappa shape index (κ1) is 15.2. The van der Waals surface area contributed by atoms with E-state index in [2.05, 4.69) is 10.4 Å². The van der Waals surface area contributed by atoms with Gasteiger partial charge in [-0.15, -0.1) is 0 Å². The van der Waals surface area contributed by atoms with E-state index in [1.165, 1.54) is 0 Å². The summed E-state index contributed by atoms with van der Waals surface area (Å²) in [5, 5.41) is 7.08. The van der Waals surface area contributed by atoms with Crippen molar-refractivity contribution in [2.75, 3.05) is 19.9 Å². The number of amides is 1. The maximum absolute atomic E-state index is 12.2. The molecule has 1 amide bonds. The van der Waals surface area contributed by atoms with Gasteiger partial charge in [-0.25, -0.2) is 0 Å². The normalized spacial score (nSPS) is 12.3. The molecule has 1 aromatic heterocycles. The van der Waals surface area contributed by atoms with Crippen molar-refractivity contribution in [3.05, 3.63) is 35.2 Å². The van der Waals surface area contributed by atoms with Crippen LogP contribution in [-0.2, 0) is 7.05 Å². The van der Waals surface area contributed by atoms with Crippen molar-refractivity contribution in [1.29, 1.82) is 0 Å². The summed E-state index contributed by atoms with van der Waals surface area (Å²) in [5.74, 6) is 1.93. The summed E-state index contributed by atoms with van der Waals surface area (Å²) in [6, 6.07) is 5.39. The van der Waals surface area contributed by atoms with Crippen LogP contribution in [0.2, 0.25) is 0 Å². The minimum Gasteiger partial charge on any atom is -0.492 e. The van der Waals surface area contributed by atoms with E-state index < -0.39 is 0 Å². The average molecular weight is 317 g/mol. The van der Waals surface area contributed by atoms with Crippen LogP contribution in [0.3, 0.4) is 0 Å². The molecule has 0 atom stereocenters. The minimum absolute atomic E-state index is 0.137. The Bertz CT molecular complexity index is 739. The van der Waals surface area contributed by atoms with Crippen LogP contribution in [0.15, 0.2) is 18.2 Å². The van der Waals surface area contributed by atoms with Crippen LogP contribution in [0.4, 0.5) is 0 Å². The molecule has 23 heavy (non-hydrogen) atoms. The van der Waals surface area contributed by atoms with Crippen molar-refractivity contribution in [1.82, 2.24) is 15.1 Å². The van der Waals surface area contributed by atoms with E-state index in [0.717, 1.165) is 11.4 Å². The van der Waals surface area contributed by atoms with Gasteiger partial charge >= 0.3 is 0 Å². The zero-order chi connectivity index (χ0) is 16.4. The number of aryl methyl sites for hydroxylation is 2. The maximum atomic E-state index is 12.2. The van der Waals surface area contributed by atoms with Gasteiger partial charge in [0.15, 0.2) is 11.5 Å². The van der Waals surface area contributed by atoms with Gasteiger partial charge < -0.3 is 19.5 Å². The molecule has 1 N–H and O–H groups in total. The quantitative estimate of drug-likeness (QED) is 0.847. The lowest BCUT2D eigenvalue weighted by Crippen LogP contribution is -2.28. The summed E-state index contributed by atoms with van der Waals surface area (Å²) in [6.07, 6.45) is 0. The van der Waals surface area contributed by atoms with Crippen LogP contribution in [0, 0.1) is 13.8 Å². The second kappa shape index (κ2) is 6.20. The summed E-state index contributed by atoms with van der Waals surface area (Å²) in [7, 11) is 1.82. The second-order valence-corrected chi connectivity index (χ2v) is 5.29. The van der Waals surface area contributed by atoms with E-state index in [0.29, 0.717) is 36.0 Å². The number of hydrogen-bond acceptors (Lipinski definition) is 5. The molecule has 0 bridgehead atoms. The number of fused-ring (bicyclic) bond motifs is 1. The average Bonchev–Trinajstić information content (AvgIpc) is 3.08. The molecule has 7 nitrogen and oxygen atoms in total. The van der Waals surface area contributed by atoms with Crippen LogP contribution in [0.1, 0.15) is 21.7 Å². The number of carbonyl (C=O) groups excluding carboxylic acids is 1. The Morgan fingerprint density at radius 2 is 2.13 bits per heavy atom. The highest BCUT2D eigenvalue weighted by molar-refractivity contribution is 5.96. The Morgan fingerprint density at radius 1 is 1.35 bits per heavy atom. The molecule has 0 saturated carbocycles. The van der Waals surface area contributed by atoms with Crippen molar-refractivity contribution in [2.24, 2.45) is 7.05 Å². The molecule has 2 aromatic rings. The molecular weight excluding hydrogens is 298 g/mol. The first-order valence-electron chi connectivity index (χ1n) is 7.37. The van der Waals surface area contributed by atoms with Gasteiger partial charge in [0, 0.05) is 18.8 Å². The SMILES string of the molecule is Cc1nn(C)c(C)c1C(=O)NCCOc1ccc2c(c1)OCO2. The number of benzene rings is 1. The standard InChI is InChI=1S/C16H19N3O4/c1-10-15(11(2)19(3)18-10)16(20)17-6-7-21-12-4-5-13-14(8-12)23-9-22-13/h4-5,8H,6-7,9H2,1-3H3,(H,17,20). The molecule has 2 heterocycles. The van der Waals surface area contributed by atoms with Crippen molar-refractivity contribution >= 4 is 5.91 Å². The fraction of sp³-hybridized carbons (Fsp3) is 0.375. The fourth-order valence-corrected chi connectivity index (χ4v) is 2.49. The molecule has 0 radical (unpaired) electrons.